The van der Waals surface area contributed by atoms with Crippen LogP contribution in [0.15, 0.2) is 24.3 Å². The zero-order chi connectivity index (χ0) is 16.8. The lowest BCUT2D eigenvalue weighted by molar-refractivity contribution is 0.0607. The van der Waals surface area contributed by atoms with Crippen LogP contribution in [0.5, 0.6) is 0 Å². The first-order valence-electron chi connectivity index (χ1n) is 7.72. The number of hydrogen-bond donors (Lipinski definition) is 3. The number of ether oxygens (including phenoxy) is 1. The van der Waals surface area contributed by atoms with E-state index in [9.17, 15) is 14.7 Å². The minimum atomic E-state index is -0.571. The maximum atomic E-state index is 12.5. The molecule has 0 radical (unpaired) electrons. The van der Waals surface area contributed by atoms with Gasteiger partial charge in [0.15, 0.2) is 0 Å². The fraction of sp³-hybridized carbons (Fsp3) is 0.500. The number of carbonyl (C=O) groups excluding carboxylic acids is 2. The molecule has 1 aliphatic rings. The Bertz CT molecular complexity index is 562. The average molecular weight is 321 g/mol. The third-order valence-corrected chi connectivity index (χ3v) is 3.91. The number of anilines is 2. The fourth-order valence-corrected chi connectivity index (χ4v) is 2.75. The molecule has 23 heavy (non-hydrogen) atoms. The minimum absolute atomic E-state index is 0.167. The second kappa shape index (κ2) is 7.82. The van der Waals surface area contributed by atoms with E-state index < -0.39 is 12.2 Å². The second-order valence-corrected chi connectivity index (χ2v) is 5.62. The quantitative estimate of drug-likeness (QED) is 0.798. The molecule has 0 aromatic heterocycles. The minimum Gasteiger partial charge on any atom is -0.453 e. The molecule has 126 valence electrons. The Hall–Kier alpha value is -2.28. The molecule has 1 aliphatic heterocycles. The first kappa shape index (κ1) is 17.1. The van der Waals surface area contributed by atoms with Gasteiger partial charge in [0.1, 0.15) is 0 Å². The summed E-state index contributed by atoms with van der Waals surface area (Å²) in [6.07, 6.45) is 1.61. The summed E-state index contributed by atoms with van der Waals surface area (Å²) in [7, 11) is 1.29. The zero-order valence-electron chi connectivity index (χ0n) is 13.4. The maximum absolute atomic E-state index is 12.5. The summed E-state index contributed by atoms with van der Waals surface area (Å²) < 4.78 is 4.54. The molecule has 1 aromatic carbocycles. The van der Waals surface area contributed by atoms with E-state index in [1.54, 1.807) is 36.1 Å². The van der Waals surface area contributed by atoms with Gasteiger partial charge in [-0.15, -0.1) is 0 Å². The lowest BCUT2D eigenvalue weighted by Crippen LogP contribution is -2.50. The molecular formula is C16H23N3O4. The lowest BCUT2D eigenvalue weighted by atomic mass is 9.98. The summed E-state index contributed by atoms with van der Waals surface area (Å²) in [5.41, 5.74) is 1.10. The van der Waals surface area contributed by atoms with Crippen LogP contribution in [0.25, 0.3) is 0 Å². The van der Waals surface area contributed by atoms with E-state index in [2.05, 4.69) is 15.4 Å². The summed E-state index contributed by atoms with van der Waals surface area (Å²) in [5.74, 6) is 0. The number of carbonyl (C=O) groups is 2. The van der Waals surface area contributed by atoms with E-state index in [1.807, 2.05) is 0 Å². The first-order valence-corrected chi connectivity index (χ1v) is 7.72. The van der Waals surface area contributed by atoms with Crippen molar-refractivity contribution in [1.29, 1.82) is 0 Å². The van der Waals surface area contributed by atoms with Gasteiger partial charge in [-0.25, -0.2) is 9.59 Å². The van der Waals surface area contributed by atoms with Crippen molar-refractivity contribution in [2.24, 2.45) is 0 Å². The number of nitrogens with zero attached hydrogens (tertiary/aromatic N) is 1. The monoisotopic (exact) mass is 321 g/mol. The van der Waals surface area contributed by atoms with Gasteiger partial charge in [-0.1, -0.05) is 6.07 Å². The van der Waals surface area contributed by atoms with Crippen molar-refractivity contribution >= 4 is 23.5 Å². The number of likely N-dealkylation sites (tertiary alicyclic amines) is 1. The van der Waals surface area contributed by atoms with E-state index in [0.717, 1.165) is 19.3 Å². The summed E-state index contributed by atoms with van der Waals surface area (Å²) in [6.45, 7) is 2.33. The number of aliphatic hydroxyl groups excluding tert-OH is 1. The van der Waals surface area contributed by atoms with Crippen molar-refractivity contribution in [3.05, 3.63) is 24.3 Å². The zero-order valence-corrected chi connectivity index (χ0v) is 13.4. The SMILES string of the molecule is COC(=O)Nc1cccc(NC(=O)N2CCCCC2C(C)O)c1. The molecular weight excluding hydrogens is 298 g/mol. The van der Waals surface area contributed by atoms with Gasteiger partial charge in [-0.2, -0.15) is 0 Å². The number of hydrogen-bond acceptors (Lipinski definition) is 4. The summed E-state index contributed by atoms with van der Waals surface area (Å²) in [5, 5.41) is 15.2. The molecule has 1 saturated heterocycles. The van der Waals surface area contributed by atoms with Gasteiger partial charge in [0.2, 0.25) is 0 Å². The van der Waals surface area contributed by atoms with Crippen molar-refractivity contribution in [3.63, 3.8) is 0 Å². The van der Waals surface area contributed by atoms with Crippen LogP contribution in [0.4, 0.5) is 21.0 Å². The molecule has 0 spiro atoms. The highest BCUT2D eigenvalue weighted by atomic mass is 16.5. The average Bonchev–Trinajstić information content (AvgIpc) is 2.55. The highest BCUT2D eigenvalue weighted by Gasteiger charge is 2.29. The van der Waals surface area contributed by atoms with Crippen molar-refractivity contribution in [3.8, 4) is 0 Å². The molecule has 1 fully saturated rings. The van der Waals surface area contributed by atoms with Gasteiger partial charge in [0, 0.05) is 17.9 Å². The van der Waals surface area contributed by atoms with Crippen LogP contribution in [0, 0.1) is 0 Å². The molecule has 7 heteroatoms. The molecule has 1 heterocycles. The number of aliphatic hydroxyl groups is 1. The molecule has 2 atom stereocenters. The van der Waals surface area contributed by atoms with Crippen LogP contribution >= 0.6 is 0 Å². The number of amides is 3. The van der Waals surface area contributed by atoms with E-state index in [4.69, 9.17) is 0 Å². The number of rotatable bonds is 3. The Morgan fingerprint density at radius 2 is 2.00 bits per heavy atom. The van der Waals surface area contributed by atoms with E-state index in [0.29, 0.717) is 17.9 Å². The van der Waals surface area contributed by atoms with Crippen molar-refractivity contribution < 1.29 is 19.4 Å². The molecule has 2 unspecified atom stereocenters. The predicted molar refractivity (Wildman–Crippen MR) is 87.5 cm³/mol. The highest BCUT2D eigenvalue weighted by Crippen LogP contribution is 2.22. The summed E-state index contributed by atoms with van der Waals surface area (Å²) >= 11 is 0. The Morgan fingerprint density at radius 3 is 2.65 bits per heavy atom. The summed E-state index contributed by atoms with van der Waals surface area (Å²) in [4.78, 5) is 25.4. The van der Waals surface area contributed by atoms with Gasteiger partial charge in [-0.05, 0) is 44.4 Å². The molecule has 0 bridgehead atoms. The molecule has 3 amide bonds. The van der Waals surface area contributed by atoms with Gasteiger partial charge < -0.3 is 20.1 Å². The van der Waals surface area contributed by atoms with Gasteiger partial charge in [0.05, 0.1) is 19.3 Å². The van der Waals surface area contributed by atoms with E-state index in [-0.39, 0.29) is 12.1 Å². The first-order chi connectivity index (χ1) is 11.0. The second-order valence-electron chi connectivity index (χ2n) is 5.62. The Labute approximate surface area is 135 Å². The van der Waals surface area contributed by atoms with Crippen molar-refractivity contribution in [2.75, 3.05) is 24.3 Å². The third-order valence-electron chi connectivity index (χ3n) is 3.91. The Kier molecular flexibility index (Phi) is 5.81. The Balaban J connectivity index is 2.04. The number of methoxy groups -OCH3 is 1. The van der Waals surface area contributed by atoms with Crippen LogP contribution in [0.2, 0.25) is 0 Å². The number of nitrogens with one attached hydrogen (secondary N) is 2. The molecule has 0 aliphatic carbocycles. The Morgan fingerprint density at radius 1 is 1.30 bits per heavy atom. The number of piperidine rings is 1. The normalized spacial score (nSPS) is 18.9. The van der Waals surface area contributed by atoms with Crippen LogP contribution in [-0.2, 0) is 4.74 Å². The van der Waals surface area contributed by atoms with Gasteiger partial charge in [0.25, 0.3) is 0 Å². The van der Waals surface area contributed by atoms with Gasteiger partial charge >= 0.3 is 12.1 Å². The largest absolute Gasteiger partial charge is 0.453 e. The molecule has 0 saturated carbocycles. The summed E-state index contributed by atoms with van der Waals surface area (Å²) in [6, 6.07) is 6.40. The topological polar surface area (TPSA) is 90.9 Å². The van der Waals surface area contributed by atoms with E-state index >= 15 is 0 Å². The van der Waals surface area contributed by atoms with Crippen LogP contribution in [0.1, 0.15) is 26.2 Å². The van der Waals surface area contributed by atoms with Crippen LogP contribution < -0.4 is 10.6 Å². The lowest BCUT2D eigenvalue weighted by Gasteiger charge is -2.37. The molecule has 7 nitrogen and oxygen atoms in total. The fourth-order valence-electron chi connectivity index (χ4n) is 2.75. The number of urea groups is 1. The third kappa shape index (κ3) is 4.59. The van der Waals surface area contributed by atoms with Crippen LogP contribution in [0.3, 0.4) is 0 Å². The number of benzene rings is 1. The van der Waals surface area contributed by atoms with Crippen molar-refractivity contribution in [2.45, 2.75) is 38.3 Å². The predicted octanol–water partition coefficient (Wildman–Crippen LogP) is 2.63. The van der Waals surface area contributed by atoms with Gasteiger partial charge in [-0.3, -0.25) is 5.32 Å². The van der Waals surface area contributed by atoms with E-state index in [1.165, 1.54) is 7.11 Å². The molecule has 1 aromatic rings. The standard InChI is InChI=1S/C16H23N3O4/c1-11(20)14-8-3-4-9-19(14)15(21)17-12-6-5-7-13(10-12)18-16(22)23-2/h5-7,10-11,14,20H,3-4,8-9H2,1-2H3,(H,17,21)(H,18,22). The molecule has 3 N–H and O–H groups in total. The molecule has 2 rings (SSSR count). The highest BCUT2D eigenvalue weighted by molar-refractivity contribution is 5.91. The maximum Gasteiger partial charge on any atom is 0.411 e. The smallest absolute Gasteiger partial charge is 0.411 e. The van der Waals surface area contributed by atoms with Crippen LogP contribution in [-0.4, -0.2) is 47.9 Å². The van der Waals surface area contributed by atoms with Crippen molar-refractivity contribution in [1.82, 2.24) is 4.90 Å².